The topological polar surface area (TPSA) is 67.8 Å². The molecule has 2 unspecified atom stereocenters. The van der Waals surface area contributed by atoms with Crippen molar-refractivity contribution in [1.82, 2.24) is 5.32 Å². The van der Waals surface area contributed by atoms with Gasteiger partial charge in [0, 0.05) is 13.0 Å². The summed E-state index contributed by atoms with van der Waals surface area (Å²) >= 11 is 0. The molecule has 1 aliphatic carbocycles. The predicted octanol–water partition coefficient (Wildman–Crippen LogP) is 1.20. The normalized spacial score (nSPS) is 33.9. The molecule has 2 aliphatic rings. The highest BCUT2D eigenvalue weighted by atomic mass is 16.6. The third kappa shape index (κ3) is 3.10. The minimum Gasteiger partial charge on any atom is -0.446 e. The van der Waals surface area contributed by atoms with Crippen molar-refractivity contribution in [3.05, 3.63) is 0 Å². The highest BCUT2D eigenvalue weighted by Gasteiger charge is 2.39. The average molecular weight is 243 g/mol. The summed E-state index contributed by atoms with van der Waals surface area (Å²) in [5, 5.41) is 12.8. The van der Waals surface area contributed by atoms with E-state index < -0.39 is 11.7 Å². The molecule has 1 heterocycles. The number of carbonyl (C=O) groups is 1. The number of hydrogen-bond acceptors (Lipinski definition) is 4. The van der Waals surface area contributed by atoms with E-state index in [1.807, 2.05) is 6.92 Å². The first-order chi connectivity index (χ1) is 8.10. The maximum absolute atomic E-state index is 11.5. The van der Waals surface area contributed by atoms with Crippen LogP contribution in [0.4, 0.5) is 4.79 Å². The fourth-order valence-corrected chi connectivity index (χ4v) is 2.43. The number of aliphatic hydroxyl groups is 1. The number of carbonyl (C=O) groups excluding carboxylic acids is 1. The fourth-order valence-electron chi connectivity index (χ4n) is 2.43. The van der Waals surface area contributed by atoms with Crippen LogP contribution in [0.25, 0.3) is 0 Å². The van der Waals surface area contributed by atoms with E-state index >= 15 is 0 Å². The van der Waals surface area contributed by atoms with Gasteiger partial charge in [-0.25, -0.2) is 4.79 Å². The molecular formula is C12H21NO4. The molecule has 5 heteroatoms. The van der Waals surface area contributed by atoms with Crippen molar-refractivity contribution in [3.8, 4) is 0 Å². The van der Waals surface area contributed by atoms with Gasteiger partial charge in [0.05, 0.1) is 12.6 Å². The lowest BCUT2D eigenvalue weighted by molar-refractivity contribution is -0.0266. The molecule has 0 radical (unpaired) electrons. The van der Waals surface area contributed by atoms with Crippen molar-refractivity contribution < 1.29 is 19.4 Å². The quantitative estimate of drug-likeness (QED) is 0.781. The Labute approximate surface area is 101 Å². The Bertz CT molecular complexity index is 278. The van der Waals surface area contributed by atoms with Crippen molar-refractivity contribution in [2.24, 2.45) is 0 Å². The Morgan fingerprint density at radius 2 is 2.24 bits per heavy atom. The second-order valence-corrected chi connectivity index (χ2v) is 5.03. The molecule has 1 saturated heterocycles. The van der Waals surface area contributed by atoms with Gasteiger partial charge in [0.1, 0.15) is 11.7 Å². The highest BCUT2D eigenvalue weighted by molar-refractivity contribution is 5.67. The molecule has 1 saturated carbocycles. The molecule has 0 aromatic heterocycles. The van der Waals surface area contributed by atoms with Gasteiger partial charge in [-0.2, -0.15) is 0 Å². The van der Waals surface area contributed by atoms with Crippen molar-refractivity contribution in [3.63, 3.8) is 0 Å². The van der Waals surface area contributed by atoms with Crippen molar-refractivity contribution >= 4 is 6.09 Å². The van der Waals surface area contributed by atoms with Gasteiger partial charge in [0.2, 0.25) is 0 Å². The van der Waals surface area contributed by atoms with Crippen LogP contribution in [0.15, 0.2) is 0 Å². The van der Waals surface area contributed by atoms with E-state index in [9.17, 15) is 9.90 Å². The van der Waals surface area contributed by atoms with Crippen LogP contribution >= 0.6 is 0 Å². The maximum Gasteiger partial charge on any atom is 0.407 e. The predicted molar refractivity (Wildman–Crippen MR) is 61.7 cm³/mol. The van der Waals surface area contributed by atoms with Crippen molar-refractivity contribution in [2.75, 3.05) is 13.2 Å². The SMILES string of the molecule is CC1OCCC1(O)CNC(=O)OC1CCCC1. The summed E-state index contributed by atoms with van der Waals surface area (Å²) in [5.41, 5.74) is -0.950. The van der Waals surface area contributed by atoms with E-state index in [0.29, 0.717) is 13.0 Å². The van der Waals surface area contributed by atoms with E-state index in [-0.39, 0.29) is 18.8 Å². The van der Waals surface area contributed by atoms with E-state index in [1.165, 1.54) is 0 Å². The Balaban J connectivity index is 1.71. The number of nitrogens with one attached hydrogen (secondary N) is 1. The molecule has 0 aromatic carbocycles. The number of alkyl carbamates (subject to hydrolysis) is 1. The molecule has 2 fully saturated rings. The van der Waals surface area contributed by atoms with E-state index in [2.05, 4.69) is 5.32 Å². The summed E-state index contributed by atoms with van der Waals surface area (Å²) < 4.78 is 10.5. The minimum atomic E-state index is -0.950. The molecule has 0 spiro atoms. The summed E-state index contributed by atoms with van der Waals surface area (Å²) in [6.45, 7) is 2.55. The lowest BCUT2D eigenvalue weighted by Crippen LogP contribution is -2.47. The highest BCUT2D eigenvalue weighted by Crippen LogP contribution is 2.25. The third-order valence-electron chi connectivity index (χ3n) is 3.77. The molecular weight excluding hydrogens is 222 g/mol. The first-order valence-corrected chi connectivity index (χ1v) is 6.39. The lowest BCUT2D eigenvalue weighted by atomic mass is 9.97. The van der Waals surface area contributed by atoms with E-state index in [4.69, 9.17) is 9.47 Å². The van der Waals surface area contributed by atoms with Gasteiger partial charge in [0.15, 0.2) is 0 Å². The zero-order valence-electron chi connectivity index (χ0n) is 10.3. The third-order valence-corrected chi connectivity index (χ3v) is 3.77. The fraction of sp³-hybridized carbons (Fsp3) is 0.917. The summed E-state index contributed by atoms with van der Waals surface area (Å²) in [6.07, 6.45) is 4.12. The first-order valence-electron chi connectivity index (χ1n) is 6.39. The first kappa shape index (κ1) is 12.6. The monoisotopic (exact) mass is 243 g/mol. The van der Waals surface area contributed by atoms with Gasteiger partial charge in [0.25, 0.3) is 0 Å². The van der Waals surface area contributed by atoms with Crippen LogP contribution in [-0.2, 0) is 9.47 Å². The summed E-state index contributed by atoms with van der Waals surface area (Å²) in [6, 6.07) is 0. The molecule has 2 atom stereocenters. The molecule has 0 bridgehead atoms. The molecule has 2 rings (SSSR count). The zero-order chi connectivity index (χ0) is 12.3. The largest absolute Gasteiger partial charge is 0.446 e. The second kappa shape index (κ2) is 5.23. The van der Waals surface area contributed by atoms with Crippen LogP contribution in [0.1, 0.15) is 39.0 Å². The molecule has 17 heavy (non-hydrogen) atoms. The maximum atomic E-state index is 11.5. The smallest absolute Gasteiger partial charge is 0.407 e. The molecule has 98 valence electrons. The number of hydrogen-bond donors (Lipinski definition) is 2. The second-order valence-electron chi connectivity index (χ2n) is 5.03. The minimum absolute atomic E-state index is 0.0573. The van der Waals surface area contributed by atoms with Gasteiger partial charge in [-0.3, -0.25) is 0 Å². The van der Waals surface area contributed by atoms with E-state index in [0.717, 1.165) is 25.7 Å². The Hall–Kier alpha value is -0.810. The Morgan fingerprint density at radius 3 is 2.82 bits per heavy atom. The van der Waals surface area contributed by atoms with Gasteiger partial charge >= 0.3 is 6.09 Å². The Kier molecular flexibility index (Phi) is 3.89. The van der Waals surface area contributed by atoms with Gasteiger partial charge < -0.3 is 19.9 Å². The number of amides is 1. The van der Waals surface area contributed by atoms with Crippen LogP contribution < -0.4 is 5.32 Å². The van der Waals surface area contributed by atoms with E-state index in [1.54, 1.807) is 0 Å². The van der Waals surface area contributed by atoms with Gasteiger partial charge in [-0.15, -0.1) is 0 Å². The summed E-state index contributed by atoms with van der Waals surface area (Å²) in [4.78, 5) is 11.5. The molecule has 0 aromatic rings. The van der Waals surface area contributed by atoms with Gasteiger partial charge in [-0.1, -0.05) is 0 Å². The van der Waals surface area contributed by atoms with Crippen LogP contribution in [-0.4, -0.2) is 42.2 Å². The molecule has 5 nitrogen and oxygen atoms in total. The Morgan fingerprint density at radius 1 is 1.53 bits per heavy atom. The zero-order valence-corrected chi connectivity index (χ0v) is 10.3. The molecule has 2 N–H and O–H groups in total. The molecule has 1 amide bonds. The van der Waals surface area contributed by atoms with Gasteiger partial charge in [-0.05, 0) is 32.6 Å². The summed E-state index contributed by atoms with van der Waals surface area (Å²) in [7, 11) is 0. The van der Waals surface area contributed by atoms with Crippen LogP contribution in [0.3, 0.4) is 0 Å². The van der Waals surface area contributed by atoms with Crippen molar-refractivity contribution in [1.29, 1.82) is 0 Å². The number of rotatable bonds is 3. The van der Waals surface area contributed by atoms with Crippen LogP contribution in [0.5, 0.6) is 0 Å². The molecule has 1 aliphatic heterocycles. The average Bonchev–Trinajstić information content (AvgIpc) is 2.89. The van der Waals surface area contributed by atoms with Crippen LogP contribution in [0.2, 0.25) is 0 Å². The number of ether oxygens (including phenoxy) is 2. The lowest BCUT2D eigenvalue weighted by Gasteiger charge is -2.26. The van der Waals surface area contributed by atoms with Crippen molar-refractivity contribution in [2.45, 2.75) is 56.8 Å². The standard InChI is InChI=1S/C12H21NO4/c1-9-12(15,6-7-16-9)8-13-11(14)17-10-4-2-3-5-10/h9-10,15H,2-8H2,1H3,(H,13,14). The summed E-state index contributed by atoms with van der Waals surface area (Å²) in [5.74, 6) is 0. The van der Waals surface area contributed by atoms with Crippen LogP contribution in [0, 0.1) is 0 Å².